The molecule has 4 rings (SSSR count). The number of rotatable bonds is 1. The second kappa shape index (κ2) is 3.78. The predicted molar refractivity (Wildman–Crippen MR) is 70.2 cm³/mol. The van der Waals surface area contributed by atoms with E-state index in [1.54, 1.807) is 24.3 Å². The van der Waals surface area contributed by atoms with E-state index in [0.717, 1.165) is 4.90 Å². The number of benzene rings is 1. The average Bonchev–Trinajstić information content (AvgIpc) is 3.20. The van der Waals surface area contributed by atoms with Gasteiger partial charge in [0.15, 0.2) is 0 Å². The molecule has 1 unspecified atom stereocenters. The molecule has 4 amide bonds. The van der Waals surface area contributed by atoms with Crippen LogP contribution in [-0.4, -0.2) is 34.6 Å². The van der Waals surface area contributed by atoms with Crippen molar-refractivity contribution in [1.29, 1.82) is 0 Å². The van der Waals surface area contributed by atoms with Crippen molar-refractivity contribution in [2.24, 2.45) is 5.41 Å². The third-order valence-electron chi connectivity index (χ3n) is 4.60. The van der Waals surface area contributed by atoms with E-state index in [1.165, 1.54) is 0 Å². The molecule has 3 aliphatic rings. The number of fused-ring (bicyclic) bond motifs is 1. The minimum absolute atomic E-state index is 0.239. The lowest BCUT2D eigenvalue weighted by Gasteiger charge is -2.32. The van der Waals surface area contributed by atoms with E-state index in [1.807, 2.05) is 0 Å². The Morgan fingerprint density at radius 1 is 1.00 bits per heavy atom. The molecule has 6 nitrogen and oxygen atoms in total. The molecule has 1 aliphatic carbocycles. The summed E-state index contributed by atoms with van der Waals surface area (Å²) in [4.78, 5) is 49.7. The van der Waals surface area contributed by atoms with Crippen LogP contribution >= 0.6 is 0 Å². The predicted octanol–water partition coefficient (Wildman–Crippen LogP) is 0.478. The summed E-state index contributed by atoms with van der Waals surface area (Å²) in [5, 5.41) is 2.30. The van der Waals surface area contributed by atoms with Gasteiger partial charge in [0, 0.05) is 0 Å². The van der Waals surface area contributed by atoms with Gasteiger partial charge in [-0.15, -0.1) is 0 Å². The number of imide groups is 2. The zero-order valence-electron chi connectivity index (χ0n) is 11.1. The fourth-order valence-corrected chi connectivity index (χ4v) is 3.16. The minimum Gasteiger partial charge on any atom is -0.294 e. The van der Waals surface area contributed by atoms with Crippen LogP contribution in [0.15, 0.2) is 24.3 Å². The van der Waals surface area contributed by atoms with Crippen molar-refractivity contribution in [1.82, 2.24) is 10.2 Å². The largest absolute Gasteiger partial charge is 0.294 e. The van der Waals surface area contributed by atoms with E-state index in [9.17, 15) is 19.2 Å². The molecule has 1 spiro atoms. The Bertz CT molecular complexity index is 685. The summed E-state index contributed by atoms with van der Waals surface area (Å²) in [5.74, 6) is -1.76. The summed E-state index contributed by atoms with van der Waals surface area (Å²) in [6.07, 6.45) is 1.64. The molecule has 2 heterocycles. The first kappa shape index (κ1) is 12.3. The number of hydrogen-bond donors (Lipinski definition) is 1. The second-order valence-electron chi connectivity index (χ2n) is 5.84. The van der Waals surface area contributed by atoms with Crippen molar-refractivity contribution in [3.63, 3.8) is 0 Å². The van der Waals surface area contributed by atoms with Gasteiger partial charge in [0.25, 0.3) is 11.8 Å². The highest BCUT2D eigenvalue weighted by molar-refractivity contribution is 6.23. The standard InChI is InChI=1S/C15H12N2O4/c18-11-10(7-15(5-6-15)14(21)16-11)17-12(19)8-3-1-2-4-9(8)13(17)20/h1-4,10H,5-7H2,(H,16,18,21). The molecule has 0 radical (unpaired) electrons. The summed E-state index contributed by atoms with van der Waals surface area (Å²) in [6, 6.07) is 5.63. The second-order valence-corrected chi connectivity index (χ2v) is 5.84. The highest BCUT2D eigenvalue weighted by atomic mass is 16.2. The van der Waals surface area contributed by atoms with Crippen LogP contribution in [-0.2, 0) is 9.59 Å². The van der Waals surface area contributed by atoms with Crippen LogP contribution < -0.4 is 5.32 Å². The molecule has 2 fully saturated rings. The molecule has 0 bridgehead atoms. The Morgan fingerprint density at radius 2 is 1.57 bits per heavy atom. The van der Waals surface area contributed by atoms with Gasteiger partial charge in [-0.2, -0.15) is 0 Å². The molecule has 21 heavy (non-hydrogen) atoms. The molecule has 1 atom stereocenters. The van der Waals surface area contributed by atoms with Gasteiger partial charge >= 0.3 is 0 Å². The summed E-state index contributed by atoms with van der Waals surface area (Å²) < 4.78 is 0. The van der Waals surface area contributed by atoms with Crippen molar-refractivity contribution in [3.05, 3.63) is 35.4 Å². The molecule has 1 saturated carbocycles. The smallest absolute Gasteiger partial charge is 0.262 e. The summed E-state index contributed by atoms with van der Waals surface area (Å²) in [7, 11) is 0. The van der Waals surface area contributed by atoms with Crippen molar-refractivity contribution >= 4 is 23.6 Å². The van der Waals surface area contributed by atoms with E-state index in [2.05, 4.69) is 5.32 Å². The number of amides is 4. The SMILES string of the molecule is O=C1NC(=O)C2(CC2)CC1N1C(=O)c2ccccc2C1=O. The van der Waals surface area contributed by atoms with Gasteiger partial charge in [-0.1, -0.05) is 12.1 Å². The normalized spacial score (nSPS) is 26.1. The number of nitrogens with one attached hydrogen (secondary N) is 1. The van der Waals surface area contributed by atoms with Crippen LogP contribution in [0.2, 0.25) is 0 Å². The minimum atomic E-state index is -0.891. The van der Waals surface area contributed by atoms with E-state index >= 15 is 0 Å². The van der Waals surface area contributed by atoms with Gasteiger partial charge in [-0.05, 0) is 31.4 Å². The molecular weight excluding hydrogens is 272 g/mol. The zero-order valence-corrected chi connectivity index (χ0v) is 11.1. The molecule has 1 N–H and O–H groups in total. The third-order valence-corrected chi connectivity index (χ3v) is 4.60. The quantitative estimate of drug-likeness (QED) is 0.760. The van der Waals surface area contributed by atoms with Gasteiger partial charge in [0.2, 0.25) is 11.8 Å². The van der Waals surface area contributed by atoms with Crippen LogP contribution in [0.5, 0.6) is 0 Å². The van der Waals surface area contributed by atoms with Crippen LogP contribution in [0, 0.1) is 5.41 Å². The Hall–Kier alpha value is -2.50. The molecular formula is C15H12N2O4. The molecule has 2 aliphatic heterocycles. The van der Waals surface area contributed by atoms with Crippen LogP contribution in [0.4, 0.5) is 0 Å². The van der Waals surface area contributed by atoms with E-state index < -0.39 is 29.2 Å². The number of hydrogen-bond acceptors (Lipinski definition) is 4. The van der Waals surface area contributed by atoms with Crippen molar-refractivity contribution in [2.45, 2.75) is 25.3 Å². The lowest BCUT2D eigenvalue weighted by atomic mass is 9.90. The van der Waals surface area contributed by atoms with Crippen LogP contribution in [0.25, 0.3) is 0 Å². The number of piperidine rings is 1. The topological polar surface area (TPSA) is 83.6 Å². The summed E-state index contributed by atoms with van der Waals surface area (Å²) >= 11 is 0. The highest BCUT2D eigenvalue weighted by Gasteiger charge is 2.58. The average molecular weight is 284 g/mol. The van der Waals surface area contributed by atoms with E-state index in [0.29, 0.717) is 24.0 Å². The molecule has 0 aromatic heterocycles. The van der Waals surface area contributed by atoms with Crippen LogP contribution in [0.1, 0.15) is 40.0 Å². The Kier molecular flexibility index (Phi) is 2.21. The monoisotopic (exact) mass is 284 g/mol. The Labute approximate surface area is 120 Å². The van der Waals surface area contributed by atoms with Crippen molar-refractivity contribution < 1.29 is 19.2 Å². The third kappa shape index (κ3) is 1.53. The molecule has 1 aromatic carbocycles. The maximum atomic E-state index is 12.4. The number of carbonyl (C=O) groups is 4. The first-order valence-corrected chi connectivity index (χ1v) is 6.86. The van der Waals surface area contributed by atoms with Gasteiger partial charge in [0.1, 0.15) is 6.04 Å². The lowest BCUT2D eigenvalue weighted by molar-refractivity contribution is -0.141. The molecule has 1 saturated heterocycles. The fourth-order valence-electron chi connectivity index (χ4n) is 3.16. The first-order chi connectivity index (χ1) is 10.0. The van der Waals surface area contributed by atoms with Gasteiger partial charge in [-0.25, -0.2) is 0 Å². The van der Waals surface area contributed by atoms with Gasteiger partial charge < -0.3 is 0 Å². The maximum absolute atomic E-state index is 12.4. The Morgan fingerprint density at radius 3 is 2.10 bits per heavy atom. The van der Waals surface area contributed by atoms with E-state index in [-0.39, 0.29) is 12.3 Å². The lowest BCUT2D eigenvalue weighted by Crippen LogP contribution is -2.58. The fraction of sp³-hybridized carbons (Fsp3) is 0.333. The van der Waals surface area contributed by atoms with Gasteiger partial charge in [-0.3, -0.25) is 29.4 Å². The van der Waals surface area contributed by atoms with Gasteiger partial charge in [0.05, 0.1) is 16.5 Å². The molecule has 1 aromatic rings. The summed E-state index contributed by atoms with van der Waals surface area (Å²) in [5.41, 5.74) is 0.0718. The number of carbonyl (C=O) groups excluding carboxylic acids is 4. The first-order valence-electron chi connectivity index (χ1n) is 6.86. The maximum Gasteiger partial charge on any atom is 0.262 e. The van der Waals surface area contributed by atoms with Crippen LogP contribution in [0.3, 0.4) is 0 Å². The van der Waals surface area contributed by atoms with E-state index in [4.69, 9.17) is 0 Å². The summed E-state index contributed by atoms with van der Waals surface area (Å²) in [6.45, 7) is 0. The molecule has 6 heteroatoms. The Balaban J connectivity index is 1.72. The molecule has 106 valence electrons. The zero-order chi connectivity index (χ0) is 14.8. The number of nitrogens with zero attached hydrogens (tertiary/aromatic N) is 1. The van der Waals surface area contributed by atoms with Crippen molar-refractivity contribution in [3.8, 4) is 0 Å². The highest BCUT2D eigenvalue weighted by Crippen LogP contribution is 2.52. The van der Waals surface area contributed by atoms with Crippen molar-refractivity contribution in [2.75, 3.05) is 0 Å².